The zero-order valence-electron chi connectivity index (χ0n) is 13.4. The van der Waals surface area contributed by atoms with E-state index in [-0.39, 0.29) is 6.04 Å². The first-order chi connectivity index (χ1) is 11.7. The summed E-state index contributed by atoms with van der Waals surface area (Å²) in [4.78, 5) is 13.8. The van der Waals surface area contributed by atoms with Crippen LogP contribution in [0.4, 0.5) is 5.69 Å². The Bertz CT molecular complexity index is 705. The Morgan fingerprint density at radius 2 is 2.12 bits per heavy atom. The normalized spacial score (nSPS) is 16.8. The van der Waals surface area contributed by atoms with Gasteiger partial charge in [-0.05, 0) is 24.3 Å². The second-order valence-electron chi connectivity index (χ2n) is 5.65. The molecule has 2 N–H and O–H groups in total. The van der Waals surface area contributed by atoms with Crippen molar-refractivity contribution >= 4 is 11.6 Å². The van der Waals surface area contributed by atoms with Gasteiger partial charge in [-0.2, -0.15) is 0 Å². The molecule has 0 spiro atoms. The lowest BCUT2D eigenvalue weighted by Gasteiger charge is -2.30. The molecular weight excluding hydrogens is 308 g/mol. The van der Waals surface area contributed by atoms with Crippen molar-refractivity contribution in [3.63, 3.8) is 0 Å². The third-order valence-corrected chi connectivity index (χ3v) is 4.09. The van der Waals surface area contributed by atoms with Crippen molar-refractivity contribution in [1.29, 1.82) is 0 Å². The second-order valence-corrected chi connectivity index (χ2v) is 5.65. The van der Waals surface area contributed by atoms with Gasteiger partial charge in [-0.1, -0.05) is 24.3 Å². The lowest BCUT2D eigenvalue weighted by atomic mass is 10.1. The molecule has 2 aromatic carbocycles. The number of methoxy groups -OCH3 is 1. The van der Waals surface area contributed by atoms with Gasteiger partial charge < -0.3 is 14.4 Å². The first kappa shape index (κ1) is 16.3. The molecular formula is C18H20N2O4. The van der Waals surface area contributed by atoms with E-state index in [0.717, 1.165) is 11.3 Å². The Hall–Kier alpha value is -2.57. The fraction of sp³-hybridized carbons (Fsp3) is 0.278. The zero-order valence-corrected chi connectivity index (χ0v) is 13.4. The molecule has 0 aliphatic carbocycles. The van der Waals surface area contributed by atoms with Gasteiger partial charge in [0.1, 0.15) is 12.4 Å². The van der Waals surface area contributed by atoms with Crippen molar-refractivity contribution in [2.24, 2.45) is 0 Å². The van der Waals surface area contributed by atoms with Crippen molar-refractivity contribution in [1.82, 2.24) is 5.48 Å². The van der Waals surface area contributed by atoms with E-state index in [2.05, 4.69) is 17.0 Å². The molecule has 126 valence electrons. The van der Waals surface area contributed by atoms with Crippen LogP contribution in [0.3, 0.4) is 0 Å². The molecule has 0 bridgehead atoms. The first-order valence-electron chi connectivity index (χ1n) is 7.73. The monoisotopic (exact) mass is 328 g/mol. The van der Waals surface area contributed by atoms with Crippen LogP contribution >= 0.6 is 0 Å². The minimum atomic E-state index is -0.556. The third-order valence-electron chi connectivity index (χ3n) is 4.09. The maximum absolute atomic E-state index is 11.6. The molecule has 6 heteroatoms. The van der Waals surface area contributed by atoms with Crippen LogP contribution in [0.1, 0.15) is 15.9 Å². The number of hydrogen-bond donors (Lipinski definition) is 2. The average Bonchev–Trinajstić information content (AvgIpc) is 2.81. The molecule has 1 heterocycles. The molecule has 1 aliphatic heterocycles. The van der Waals surface area contributed by atoms with E-state index in [0.29, 0.717) is 31.1 Å². The molecule has 6 nitrogen and oxygen atoms in total. The Morgan fingerprint density at radius 1 is 1.33 bits per heavy atom. The topological polar surface area (TPSA) is 71.0 Å². The van der Waals surface area contributed by atoms with Crippen LogP contribution < -0.4 is 15.1 Å². The largest absolute Gasteiger partial charge is 0.491 e. The molecule has 0 saturated heterocycles. The van der Waals surface area contributed by atoms with Gasteiger partial charge in [0.25, 0.3) is 5.91 Å². The summed E-state index contributed by atoms with van der Waals surface area (Å²) < 4.78 is 11.3. The molecule has 0 fully saturated rings. The third kappa shape index (κ3) is 3.34. The summed E-state index contributed by atoms with van der Waals surface area (Å²) in [7, 11) is 1.67. The predicted molar refractivity (Wildman–Crippen MR) is 89.5 cm³/mol. The number of anilines is 1. The van der Waals surface area contributed by atoms with Crippen molar-refractivity contribution in [2.75, 3.05) is 25.2 Å². The van der Waals surface area contributed by atoms with Gasteiger partial charge in [0.15, 0.2) is 0 Å². The van der Waals surface area contributed by atoms with Gasteiger partial charge >= 0.3 is 0 Å². The Balaban J connectivity index is 1.94. The van der Waals surface area contributed by atoms with Crippen molar-refractivity contribution in [2.45, 2.75) is 12.6 Å². The van der Waals surface area contributed by atoms with Crippen LogP contribution in [-0.2, 0) is 11.3 Å². The van der Waals surface area contributed by atoms with E-state index < -0.39 is 5.91 Å². The number of rotatable bonds is 4. The van der Waals surface area contributed by atoms with Crippen LogP contribution in [-0.4, -0.2) is 37.5 Å². The van der Waals surface area contributed by atoms with Crippen LogP contribution in [0.15, 0.2) is 48.5 Å². The molecule has 1 aliphatic rings. The van der Waals surface area contributed by atoms with Crippen molar-refractivity contribution < 1.29 is 19.5 Å². The standard InChI is InChI=1S/C18H20N2O4/c1-23-11-16-12-24-17-9-13(18(21)19-22)7-8-14(17)10-20(16)15-5-3-2-4-6-15/h2-9,16,22H,10-12H2,1H3,(H,19,21)/t16-/m0/s1. The number of nitrogens with zero attached hydrogens (tertiary/aromatic N) is 1. The number of para-hydroxylation sites is 1. The maximum Gasteiger partial charge on any atom is 0.274 e. The number of carbonyl (C=O) groups excluding carboxylic acids is 1. The van der Waals surface area contributed by atoms with Crippen LogP contribution in [0.25, 0.3) is 0 Å². The van der Waals surface area contributed by atoms with Crippen molar-refractivity contribution in [3.05, 3.63) is 59.7 Å². The molecule has 0 aromatic heterocycles. The number of ether oxygens (including phenoxy) is 2. The number of benzene rings is 2. The fourth-order valence-electron chi connectivity index (χ4n) is 2.87. The number of fused-ring (bicyclic) bond motifs is 1. The van der Waals surface area contributed by atoms with Gasteiger partial charge in [-0.15, -0.1) is 0 Å². The number of hydroxylamine groups is 1. The van der Waals surface area contributed by atoms with E-state index in [9.17, 15) is 4.79 Å². The van der Waals surface area contributed by atoms with E-state index in [1.54, 1.807) is 24.7 Å². The number of nitrogens with one attached hydrogen (secondary N) is 1. The molecule has 24 heavy (non-hydrogen) atoms. The molecule has 1 atom stereocenters. The second kappa shape index (κ2) is 7.33. The summed E-state index contributed by atoms with van der Waals surface area (Å²) in [6.45, 7) is 1.63. The number of hydrogen-bond acceptors (Lipinski definition) is 5. The van der Waals surface area contributed by atoms with Crippen molar-refractivity contribution in [3.8, 4) is 5.75 Å². The Labute approximate surface area is 140 Å². The summed E-state index contributed by atoms with van der Waals surface area (Å²) in [6.07, 6.45) is 0. The molecule has 0 saturated carbocycles. The molecule has 0 unspecified atom stereocenters. The lowest BCUT2D eigenvalue weighted by molar-refractivity contribution is 0.0706. The Morgan fingerprint density at radius 3 is 2.83 bits per heavy atom. The van der Waals surface area contributed by atoms with Gasteiger partial charge in [0.2, 0.25) is 0 Å². The highest BCUT2D eigenvalue weighted by Crippen LogP contribution is 2.29. The SMILES string of the molecule is COC[C@H]1COc2cc(C(=O)NO)ccc2CN1c1ccccc1. The highest BCUT2D eigenvalue weighted by atomic mass is 16.5. The molecule has 2 aromatic rings. The summed E-state index contributed by atoms with van der Waals surface area (Å²) in [5, 5.41) is 8.79. The summed E-state index contributed by atoms with van der Waals surface area (Å²) >= 11 is 0. The summed E-state index contributed by atoms with van der Waals surface area (Å²) in [6, 6.07) is 15.3. The quantitative estimate of drug-likeness (QED) is 0.665. The van der Waals surface area contributed by atoms with E-state index in [1.807, 2.05) is 24.3 Å². The first-order valence-corrected chi connectivity index (χ1v) is 7.73. The van der Waals surface area contributed by atoms with E-state index >= 15 is 0 Å². The van der Waals surface area contributed by atoms with Gasteiger partial charge in [0, 0.05) is 30.5 Å². The fourth-order valence-corrected chi connectivity index (χ4v) is 2.87. The molecule has 0 radical (unpaired) electrons. The average molecular weight is 328 g/mol. The van der Waals surface area contributed by atoms with Gasteiger partial charge in [-0.3, -0.25) is 10.0 Å². The van der Waals surface area contributed by atoms with Gasteiger partial charge in [0.05, 0.1) is 12.6 Å². The van der Waals surface area contributed by atoms with Crippen LogP contribution in [0.5, 0.6) is 5.75 Å². The van der Waals surface area contributed by atoms with E-state index in [4.69, 9.17) is 14.7 Å². The van der Waals surface area contributed by atoms with E-state index in [1.165, 1.54) is 0 Å². The highest BCUT2D eigenvalue weighted by Gasteiger charge is 2.25. The number of amides is 1. The Kier molecular flexibility index (Phi) is 4.98. The van der Waals surface area contributed by atoms with Gasteiger partial charge in [-0.25, -0.2) is 5.48 Å². The predicted octanol–water partition coefficient (Wildman–Crippen LogP) is 2.22. The molecule has 1 amide bonds. The lowest BCUT2D eigenvalue weighted by Crippen LogP contribution is -2.40. The maximum atomic E-state index is 11.6. The highest BCUT2D eigenvalue weighted by molar-refractivity contribution is 5.93. The zero-order chi connectivity index (χ0) is 16.9. The van der Waals surface area contributed by atoms with Crippen LogP contribution in [0.2, 0.25) is 0 Å². The smallest absolute Gasteiger partial charge is 0.274 e. The summed E-state index contributed by atoms with van der Waals surface area (Å²) in [5.74, 6) is 0.0923. The minimum absolute atomic E-state index is 0.0555. The summed E-state index contributed by atoms with van der Waals surface area (Å²) in [5.41, 5.74) is 4.07. The minimum Gasteiger partial charge on any atom is -0.491 e. The van der Waals surface area contributed by atoms with Crippen LogP contribution in [0, 0.1) is 0 Å². The number of carbonyl (C=O) groups is 1. The molecule has 3 rings (SSSR count).